The lowest BCUT2D eigenvalue weighted by atomic mass is 10.1. The first-order valence-electron chi connectivity index (χ1n) is 11.8. The number of nitrogens with zero attached hydrogens (tertiary/aromatic N) is 5. The van der Waals surface area contributed by atoms with Gasteiger partial charge in [-0.1, -0.05) is 43.0 Å². The Hall–Kier alpha value is -4.06. The molecule has 0 spiro atoms. The van der Waals surface area contributed by atoms with E-state index in [1.807, 2.05) is 48.3 Å². The van der Waals surface area contributed by atoms with Gasteiger partial charge in [0, 0.05) is 36.7 Å². The van der Waals surface area contributed by atoms with E-state index in [2.05, 4.69) is 45.7 Å². The number of halogens is 1. The summed E-state index contributed by atoms with van der Waals surface area (Å²) >= 11 is 0. The number of rotatable bonds is 6. The van der Waals surface area contributed by atoms with Crippen LogP contribution >= 0.6 is 0 Å². The number of hydrogen-bond acceptors (Lipinski definition) is 4. The number of hydrogen-bond donors (Lipinski definition) is 0. The summed E-state index contributed by atoms with van der Waals surface area (Å²) in [5.41, 5.74) is 7.63. The van der Waals surface area contributed by atoms with E-state index in [-0.39, 0.29) is 5.82 Å². The molecule has 4 aromatic rings. The van der Waals surface area contributed by atoms with Gasteiger partial charge in [-0.15, -0.1) is 0 Å². The summed E-state index contributed by atoms with van der Waals surface area (Å²) < 4.78 is 15.8. The molecular formula is C29H28FN5. The Morgan fingerprint density at radius 1 is 1.00 bits per heavy atom. The van der Waals surface area contributed by atoms with Crippen LogP contribution < -0.4 is 0 Å². The lowest BCUT2D eigenvalue weighted by molar-refractivity contribution is 0.354. The Kier molecular flexibility index (Phi) is 6.27. The van der Waals surface area contributed by atoms with E-state index in [1.165, 1.54) is 11.6 Å². The van der Waals surface area contributed by atoms with Crippen LogP contribution in [0.5, 0.6) is 0 Å². The number of aryl methyl sites for hydroxylation is 2. The molecule has 1 aliphatic heterocycles. The Balaban J connectivity index is 1.39. The van der Waals surface area contributed by atoms with Crippen LogP contribution in [0.2, 0.25) is 0 Å². The molecule has 0 radical (unpaired) electrons. The molecular weight excluding hydrogens is 437 g/mol. The van der Waals surface area contributed by atoms with Crippen molar-refractivity contribution in [1.82, 2.24) is 24.6 Å². The maximum absolute atomic E-state index is 13.8. The average molecular weight is 466 g/mol. The van der Waals surface area contributed by atoms with Crippen molar-refractivity contribution in [3.05, 3.63) is 108 Å². The third kappa shape index (κ3) is 4.92. The molecule has 1 aliphatic rings. The first kappa shape index (κ1) is 22.7. The molecule has 0 amide bonds. The van der Waals surface area contributed by atoms with Gasteiger partial charge in [0.2, 0.25) is 0 Å². The highest BCUT2D eigenvalue weighted by molar-refractivity contribution is 5.69. The van der Waals surface area contributed by atoms with Crippen molar-refractivity contribution in [3.8, 4) is 22.5 Å². The molecule has 2 aromatic heterocycles. The fourth-order valence-corrected chi connectivity index (χ4v) is 4.31. The van der Waals surface area contributed by atoms with Gasteiger partial charge in [0.15, 0.2) is 5.82 Å². The summed E-state index contributed by atoms with van der Waals surface area (Å²) in [5, 5.41) is 4.90. The number of allylic oxidation sites excluding steroid dienone is 1. The van der Waals surface area contributed by atoms with Crippen molar-refractivity contribution in [2.45, 2.75) is 26.8 Å². The molecule has 0 unspecified atom stereocenters. The molecule has 0 saturated carbocycles. The Bertz CT molecular complexity index is 1390. The SMILES string of the molecule is C=C(Cn1nc(-c2ccc(F)c(C)c2)cc1-c1ccccc1)N1CC=C(c2ncc(C)cn2)CC1. The first-order valence-corrected chi connectivity index (χ1v) is 11.8. The maximum Gasteiger partial charge on any atom is 0.154 e. The molecule has 0 saturated heterocycles. The van der Waals surface area contributed by atoms with Gasteiger partial charge in [-0.3, -0.25) is 4.68 Å². The van der Waals surface area contributed by atoms with Crippen molar-refractivity contribution in [3.63, 3.8) is 0 Å². The molecule has 3 heterocycles. The minimum absolute atomic E-state index is 0.210. The third-order valence-corrected chi connectivity index (χ3v) is 6.36. The number of aromatic nitrogens is 4. The van der Waals surface area contributed by atoms with Crippen LogP contribution in [0.15, 0.2) is 85.3 Å². The summed E-state index contributed by atoms with van der Waals surface area (Å²) in [4.78, 5) is 11.2. The Morgan fingerprint density at radius 3 is 2.46 bits per heavy atom. The van der Waals surface area contributed by atoms with E-state index in [0.717, 1.165) is 59.1 Å². The largest absolute Gasteiger partial charge is 0.370 e. The minimum Gasteiger partial charge on any atom is -0.370 e. The fraction of sp³-hybridized carbons (Fsp3) is 0.207. The zero-order valence-electron chi connectivity index (χ0n) is 20.1. The van der Waals surface area contributed by atoms with Gasteiger partial charge in [0.25, 0.3) is 0 Å². The topological polar surface area (TPSA) is 46.8 Å². The summed E-state index contributed by atoms with van der Waals surface area (Å²) in [6, 6.07) is 17.4. The van der Waals surface area contributed by atoms with Crippen LogP contribution in [0.3, 0.4) is 0 Å². The van der Waals surface area contributed by atoms with E-state index in [0.29, 0.717) is 12.1 Å². The van der Waals surface area contributed by atoms with Crippen LogP contribution in [-0.2, 0) is 6.54 Å². The fourth-order valence-electron chi connectivity index (χ4n) is 4.31. The van der Waals surface area contributed by atoms with Gasteiger partial charge in [-0.25, -0.2) is 14.4 Å². The molecule has 0 fully saturated rings. The molecule has 0 atom stereocenters. The molecule has 0 bridgehead atoms. The highest BCUT2D eigenvalue weighted by atomic mass is 19.1. The van der Waals surface area contributed by atoms with Crippen molar-refractivity contribution >= 4 is 5.57 Å². The van der Waals surface area contributed by atoms with Crippen LogP contribution in [0.25, 0.3) is 28.1 Å². The smallest absolute Gasteiger partial charge is 0.154 e. The molecule has 5 rings (SSSR count). The van der Waals surface area contributed by atoms with E-state index < -0.39 is 0 Å². The van der Waals surface area contributed by atoms with Crippen molar-refractivity contribution in [2.75, 3.05) is 13.1 Å². The van der Waals surface area contributed by atoms with Gasteiger partial charge in [0.05, 0.1) is 17.9 Å². The van der Waals surface area contributed by atoms with Gasteiger partial charge in [-0.2, -0.15) is 5.10 Å². The maximum atomic E-state index is 13.8. The monoisotopic (exact) mass is 465 g/mol. The summed E-state index contributed by atoms with van der Waals surface area (Å²) in [7, 11) is 0. The first-order chi connectivity index (χ1) is 17.0. The van der Waals surface area contributed by atoms with Crippen LogP contribution in [0.4, 0.5) is 4.39 Å². The standard InChI is InChI=1S/C29H28FN5/c1-20-17-31-29(32-18-20)24-11-13-34(14-12-24)22(3)19-35-28(23-7-5-4-6-8-23)16-27(33-35)25-9-10-26(30)21(2)15-25/h4-11,15-18H,3,12-14,19H2,1-2H3. The second kappa shape index (κ2) is 9.66. The van der Waals surface area contributed by atoms with Crippen molar-refractivity contribution in [2.24, 2.45) is 0 Å². The van der Waals surface area contributed by atoms with E-state index in [9.17, 15) is 4.39 Å². The average Bonchev–Trinajstić information content (AvgIpc) is 3.30. The van der Waals surface area contributed by atoms with Gasteiger partial charge < -0.3 is 4.90 Å². The molecule has 176 valence electrons. The van der Waals surface area contributed by atoms with Crippen molar-refractivity contribution < 1.29 is 4.39 Å². The van der Waals surface area contributed by atoms with Gasteiger partial charge in [-0.05, 0) is 66.8 Å². The molecule has 0 aliphatic carbocycles. The molecule has 2 aromatic carbocycles. The minimum atomic E-state index is -0.210. The molecule has 35 heavy (non-hydrogen) atoms. The summed E-state index contributed by atoms with van der Waals surface area (Å²) in [5.74, 6) is 0.594. The van der Waals surface area contributed by atoms with Gasteiger partial charge in [0.1, 0.15) is 5.82 Å². The predicted molar refractivity (Wildman–Crippen MR) is 138 cm³/mol. The molecule has 0 N–H and O–H groups in total. The normalized spacial score (nSPS) is 13.6. The van der Waals surface area contributed by atoms with Crippen LogP contribution in [-0.4, -0.2) is 37.7 Å². The highest BCUT2D eigenvalue weighted by Gasteiger charge is 2.18. The lowest BCUT2D eigenvalue weighted by Crippen LogP contribution is -2.30. The third-order valence-electron chi connectivity index (χ3n) is 6.36. The zero-order valence-corrected chi connectivity index (χ0v) is 20.1. The van der Waals surface area contributed by atoms with Crippen LogP contribution in [0.1, 0.15) is 23.4 Å². The van der Waals surface area contributed by atoms with E-state index in [1.54, 1.807) is 13.0 Å². The van der Waals surface area contributed by atoms with E-state index in [4.69, 9.17) is 5.10 Å². The summed E-state index contributed by atoms with van der Waals surface area (Å²) in [6.45, 7) is 10.3. The second-order valence-corrected chi connectivity index (χ2v) is 8.98. The van der Waals surface area contributed by atoms with Crippen LogP contribution in [0, 0.1) is 19.7 Å². The highest BCUT2D eigenvalue weighted by Crippen LogP contribution is 2.29. The number of benzene rings is 2. The zero-order chi connectivity index (χ0) is 24.4. The molecule has 5 nitrogen and oxygen atoms in total. The van der Waals surface area contributed by atoms with E-state index >= 15 is 0 Å². The second-order valence-electron chi connectivity index (χ2n) is 8.98. The summed E-state index contributed by atoms with van der Waals surface area (Å²) in [6.07, 6.45) is 6.77. The molecule has 6 heteroatoms. The van der Waals surface area contributed by atoms with Gasteiger partial charge >= 0.3 is 0 Å². The Morgan fingerprint density at radius 2 is 1.77 bits per heavy atom. The predicted octanol–water partition coefficient (Wildman–Crippen LogP) is 6.07. The van der Waals surface area contributed by atoms with Crippen molar-refractivity contribution in [1.29, 1.82) is 0 Å². The Labute approximate surface area is 205 Å². The quantitative estimate of drug-likeness (QED) is 0.347. The lowest BCUT2D eigenvalue weighted by Gasteiger charge is -2.30.